The maximum absolute atomic E-state index is 13.1. The normalized spacial score (nSPS) is 18.7. The molecule has 0 atom stereocenters. The summed E-state index contributed by atoms with van der Waals surface area (Å²) >= 11 is 0. The molecule has 2 aromatic rings. The van der Waals surface area contributed by atoms with E-state index in [4.69, 9.17) is 0 Å². The van der Waals surface area contributed by atoms with Crippen LogP contribution >= 0.6 is 0 Å². The van der Waals surface area contributed by atoms with Crippen LogP contribution in [0.3, 0.4) is 0 Å². The van der Waals surface area contributed by atoms with E-state index >= 15 is 0 Å². The number of hydrogen-bond acceptors (Lipinski definition) is 2. The van der Waals surface area contributed by atoms with Gasteiger partial charge < -0.3 is 9.88 Å². The van der Waals surface area contributed by atoms with Gasteiger partial charge in [-0.15, -0.1) is 0 Å². The van der Waals surface area contributed by atoms with Crippen LogP contribution in [0.1, 0.15) is 23.2 Å². The molecule has 4 nitrogen and oxygen atoms in total. The monoisotopic (exact) mass is 265 g/mol. The maximum Gasteiger partial charge on any atom is 0.253 e. The SMILES string of the molecule is O=C(c1ccc2nc[nH]c2c1)N1CCC(F)(F)CC1. The van der Waals surface area contributed by atoms with Gasteiger partial charge in [0.05, 0.1) is 17.4 Å². The van der Waals surface area contributed by atoms with Crippen LogP contribution in [0.5, 0.6) is 0 Å². The van der Waals surface area contributed by atoms with Crippen LogP contribution in [-0.2, 0) is 0 Å². The fraction of sp³-hybridized carbons (Fsp3) is 0.385. The summed E-state index contributed by atoms with van der Waals surface area (Å²) in [7, 11) is 0. The van der Waals surface area contributed by atoms with E-state index in [0.29, 0.717) is 5.56 Å². The van der Waals surface area contributed by atoms with Crippen molar-refractivity contribution in [1.29, 1.82) is 0 Å². The molecule has 3 rings (SSSR count). The zero-order valence-corrected chi connectivity index (χ0v) is 10.2. The Balaban J connectivity index is 1.80. The predicted octanol–water partition coefficient (Wildman–Crippen LogP) is 2.43. The van der Waals surface area contributed by atoms with Gasteiger partial charge in [0.15, 0.2) is 0 Å². The number of alkyl halides is 2. The minimum Gasteiger partial charge on any atom is -0.345 e. The summed E-state index contributed by atoms with van der Waals surface area (Å²) in [5.41, 5.74) is 2.05. The number of rotatable bonds is 1. The number of carbonyl (C=O) groups excluding carboxylic acids is 1. The number of likely N-dealkylation sites (tertiary alicyclic amines) is 1. The van der Waals surface area contributed by atoms with Gasteiger partial charge in [-0.05, 0) is 18.2 Å². The standard InChI is InChI=1S/C13H13F2N3O/c14-13(15)3-5-18(6-4-13)12(19)9-1-2-10-11(7-9)17-8-16-10/h1-2,7-8H,3-6H2,(H,16,17). The average molecular weight is 265 g/mol. The molecular formula is C13H13F2N3O. The Hall–Kier alpha value is -1.98. The Morgan fingerprint density at radius 2 is 2.05 bits per heavy atom. The van der Waals surface area contributed by atoms with E-state index in [1.165, 1.54) is 4.90 Å². The van der Waals surface area contributed by atoms with E-state index in [9.17, 15) is 13.6 Å². The number of aromatic amines is 1. The van der Waals surface area contributed by atoms with Gasteiger partial charge in [-0.3, -0.25) is 4.79 Å². The van der Waals surface area contributed by atoms with E-state index in [1.54, 1.807) is 24.5 Å². The minimum atomic E-state index is -2.63. The quantitative estimate of drug-likeness (QED) is 0.861. The molecule has 1 fully saturated rings. The summed E-state index contributed by atoms with van der Waals surface area (Å²) in [6, 6.07) is 5.13. The Kier molecular flexibility index (Phi) is 2.73. The van der Waals surface area contributed by atoms with Crippen molar-refractivity contribution in [2.45, 2.75) is 18.8 Å². The van der Waals surface area contributed by atoms with Crippen LogP contribution < -0.4 is 0 Å². The molecule has 1 saturated heterocycles. The first-order valence-corrected chi connectivity index (χ1v) is 6.15. The van der Waals surface area contributed by atoms with Gasteiger partial charge >= 0.3 is 0 Å². The number of amides is 1. The van der Waals surface area contributed by atoms with Crippen molar-refractivity contribution < 1.29 is 13.6 Å². The minimum absolute atomic E-state index is 0.104. The Bertz CT molecular complexity index is 613. The molecule has 1 N–H and O–H groups in total. The number of aromatic nitrogens is 2. The van der Waals surface area contributed by atoms with E-state index in [-0.39, 0.29) is 31.8 Å². The summed E-state index contributed by atoms with van der Waals surface area (Å²) in [6.07, 6.45) is 1.04. The molecular weight excluding hydrogens is 252 g/mol. The van der Waals surface area contributed by atoms with Crippen molar-refractivity contribution in [2.24, 2.45) is 0 Å². The van der Waals surface area contributed by atoms with Crippen molar-refractivity contribution in [1.82, 2.24) is 14.9 Å². The topological polar surface area (TPSA) is 49.0 Å². The number of H-pyrrole nitrogens is 1. The highest BCUT2D eigenvalue weighted by Crippen LogP contribution is 2.28. The van der Waals surface area contributed by atoms with E-state index in [1.807, 2.05) is 0 Å². The number of nitrogens with zero attached hydrogens (tertiary/aromatic N) is 2. The number of piperidine rings is 1. The summed E-state index contributed by atoms with van der Waals surface area (Å²) in [5, 5.41) is 0. The highest BCUT2D eigenvalue weighted by atomic mass is 19.3. The number of fused-ring (bicyclic) bond motifs is 1. The lowest BCUT2D eigenvalue weighted by molar-refractivity contribution is -0.0494. The van der Waals surface area contributed by atoms with Crippen LogP contribution in [0.15, 0.2) is 24.5 Å². The largest absolute Gasteiger partial charge is 0.345 e. The number of carbonyl (C=O) groups is 1. The molecule has 2 heterocycles. The molecule has 0 spiro atoms. The third kappa shape index (κ3) is 2.30. The fourth-order valence-corrected chi connectivity index (χ4v) is 2.29. The van der Waals surface area contributed by atoms with Gasteiger partial charge in [0.2, 0.25) is 0 Å². The van der Waals surface area contributed by atoms with E-state index in [2.05, 4.69) is 9.97 Å². The molecule has 6 heteroatoms. The molecule has 1 aromatic heterocycles. The van der Waals surface area contributed by atoms with Crippen LogP contribution in [0.4, 0.5) is 8.78 Å². The number of halogens is 2. The molecule has 0 saturated carbocycles. The van der Waals surface area contributed by atoms with Gasteiger partial charge in [-0.1, -0.05) is 0 Å². The molecule has 0 bridgehead atoms. The van der Waals surface area contributed by atoms with Crippen molar-refractivity contribution in [2.75, 3.05) is 13.1 Å². The lowest BCUT2D eigenvalue weighted by Crippen LogP contribution is -2.42. The van der Waals surface area contributed by atoms with Crippen molar-refractivity contribution in [3.63, 3.8) is 0 Å². The molecule has 1 aliphatic rings. The first-order chi connectivity index (χ1) is 9.05. The van der Waals surface area contributed by atoms with Gasteiger partial charge in [-0.25, -0.2) is 13.8 Å². The van der Waals surface area contributed by atoms with Crippen LogP contribution in [0.25, 0.3) is 11.0 Å². The summed E-state index contributed by atoms with van der Waals surface area (Å²) < 4.78 is 26.1. The van der Waals surface area contributed by atoms with Crippen LogP contribution in [0.2, 0.25) is 0 Å². The lowest BCUT2D eigenvalue weighted by atomic mass is 10.1. The molecule has 1 amide bonds. The third-order valence-electron chi connectivity index (χ3n) is 3.45. The fourth-order valence-electron chi connectivity index (χ4n) is 2.29. The molecule has 1 aromatic carbocycles. The molecule has 0 unspecified atom stereocenters. The first-order valence-electron chi connectivity index (χ1n) is 6.15. The van der Waals surface area contributed by atoms with Crippen molar-refractivity contribution in [3.8, 4) is 0 Å². The van der Waals surface area contributed by atoms with E-state index in [0.717, 1.165) is 11.0 Å². The number of hydrogen-bond donors (Lipinski definition) is 1. The second-order valence-electron chi connectivity index (χ2n) is 4.78. The van der Waals surface area contributed by atoms with E-state index < -0.39 is 5.92 Å². The summed E-state index contributed by atoms with van der Waals surface area (Å²) in [6.45, 7) is 0.208. The highest BCUT2D eigenvalue weighted by Gasteiger charge is 2.35. The van der Waals surface area contributed by atoms with Gasteiger partial charge in [0.1, 0.15) is 0 Å². The zero-order chi connectivity index (χ0) is 13.5. The molecule has 100 valence electrons. The van der Waals surface area contributed by atoms with Crippen LogP contribution in [0, 0.1) is 0 Å². The second kappa shape index (κ2) is 4.29. The number of benzene rings is 1. The lowest BCUT2D eigenvalue weighted by Gasteiger charge is -2.31. The zero-order valence-electron chi connectivity index (χ0n) is 10.2. The Morgan fingerprint density at radius 3 is 2.79 bits per heavy atom. The third-order valence-corrected chi connectivity index (χ3v) is 3.45. The van der Waals surface area contributed by atoms with Crippen LogP contribution in [-0.4, -0.2) is 39.8 Å². The van der Waals surface area contributed by atoms with Gasteiger partial charge in [-0.2, -0.15) is 0 Å². The Labute approximate surface area is 108 Å². The summed E-state index contributed by atoms with van der Waals surface area (Å²) in [4.78, 5) is 20.7. The van der Waals surface area contributed by atoms with Crippen molar-refractivity contribution in [3.05, 3.63) is 30.1 Å². The molecule has 0 aliphatic carbocycles. The maximum atomic E-state index is 13.1. The van der Waals surface area contributed by atoms with Gasteiger partial charge in [0.25, 0.3) is 11.8 Å². The Morgan fingerprint density at radius 1 is 1.32 bits per heavy atom. The summed E-state index contributed by atoms with van der Waals surface area (Å²) in [5.74, 6) is -2.84. The smallest absolute Gasteiger partial charge is 0.253 e. The second-order valence-corrected chi connectivity index (χ2v) is 4.78. The number of nitrogens with one attached hydrogen (secondary N) is 1. The van der Waals surface area contributed by atoms with Gasteiger partial charge in [0, 0.05) is 31.5 Å². The average Bonchev–Trinajstić information content (AvgIpc) is 2.85. The van der Waals surface area contributed by atoms with Crippen molar-refractivity contribution >= 4 is 16.9 Å². The molecule has 19 heavy (non-hydrogen) atoms. The first kappa shape index (κ1) is 12.1. The number of imidazole rings is 1. The molecule has 1 aliphatic heterocycles. The molecule has 0 radical (unpaired) electrons. The highest BCUT2D eigenvalue weighted by molar-refractivity contribution is 5.97. The predicted molar refractivity (Wildman–Crippen MR) is 66.2 cm³/mol.